The molecule has 0 aliphatic rings. The Morgan fingerprint density at radius 3 is 2.57 bits per heavy atom. The lowest BCUT2D eigenvalue weighted by Crippen LogP contribution is -2.46. The summed E-state index contributed by atoms with van der Waals surface area (Å²) in [4.78, 5) is 46.2. The Morgan fingerprint density at radius 1 is 1.23 bits per heavy atom. The number of aryl methyl sites for hydroxylation is 1. The third kappa shape index (κ3) is 5.72. The van der Waals surface area contributed by atoms with Crippen LogP contribution >= 0.6 is 0 Å². The number of carboxylic acids is 1. The number of carboxylic acid groups (broad SMARTS) is 1. The van der Waals surface area contributed by atoms with Gasteiger partial charge in [0.15, 0.2) is 6.10 Å². The second-order valence-electron chi connectivity index (χ2n) is 6.89. The van der Waals surface area contributed by atoms with Gasteiger partial charge in [0, 0.05) is 23.6 Å². The van der Waals surface area contributed by atoms with Crippen LogP contribution in [-0.4, -0.2) is 41.7 Å². The van der Waals surface area contributed by atoms with Gasteiger partial charge in [-0.2, -0.15) is 0 Å². The third-order valence-corrected chi connectivity index (χ3v) is 4.69. The van der Waals surface area contributed by atoms with Crippen LogP contribution in [0, 0.1) is 13.8 Å². The van der Waals surface area contributed by atoms with Gasteiger partial charge < -0.3 is 30.6 Å². The molecule has 2 atom stereocenters. The van der Waals surface area contributed by atoms with Crippen LogP contribution in [0.3, 0.4) is 0 Å². The van der Waals surface area contributed by atoms with Crippen molar-refractivity contribution in [3.63, 3.8) is 0 Å². The summed E-state index contributed by atoms with van der Waals surface area (Å²) < 4.78 is 10.9. The van der Waals surface area contributed by atoms with Crippen LogP contribution in [0.5, 0.6) is 5.75 Å². The van der Waals surface area contributed by atoms with E-state index in [0.29, 0.717) is 23.3 Å². The van der Waals surface area contributed by atoms with Gasteiger partial charge in [0.05, 0.1) is 0 Å². The lowest BCUT2D eigenvalue weighted by Gasteiger charge is -2.19. The van der Waals surface area contributed by atoms with Crippen LogP contribution in [0.25, 0.3) is 11.0 Å². The van der Waals surface area contributed by atoms with Crippen LogP contribution < -0.4 is 26.7 Å². The predicted octanol–water partition coefficient (Wildman–Crippen LogP) is 1.20. The first-order chi connectivity index (χ1) is 14.1. The summed E-state index contributed by atoms with van der Waals surface area (Å²) in [6.45, 7) is 5.17. The molecule has 0 bridgehead atoms. The number of urea groups is 1. The van der Waals surface area contributed by atoms with Gasteiger partial charge in [-0.1, -0.05) is 0 Å². The van der Waals surface area contributed by atoms with Gasteiger partial charge in [-0.25, -0.2) is 14.4 Å². The Labute approximate surface area is 172 Å². The Bertz CT molecular complexity index is 1020. The van der Waals surface area contributed by atoms with Crippen molar-refractivity contribution in [2.75, 3.05) is 6.54 Å². The predicted molar refractivity (Wildman–Crippen MR) is 108 cm³/mol. The van der Waals surface area contributed by atoms with Crippen LogP contribution in [0.1, 0.15) is 30.9 Å². The number of benzene rings is 1. The Balaban J connectivity index is 2.03. The first kappa shape index (κ1) is 22.7. The molecule has 0 fully saturated rings. The highest BCUT2D eigenvalue weighted by molar-refractivity contribution is 5.86. The van der Waals surface area contributed by atoms with E-state index in [0.717, 1.165) is 10.9 Å². The summed E-state index contributed by atoms with van der Waals surface area (Å²) in [5.41, 5.74) is 6.15. The number of ether oxygens (including phenoxy) is 1. The number of nitrogens with two attached hydrogens (primary N) is 1. The number of aliphatic carboxylic acids is 1. The van der Waals surface area contributed by atoms with Crippen LogP contribution in [0.15, 0.2) is 27.4 Å². The minimum Gasteiger partial charge on any atom is -0.481 e. The van der Waals surface area contributed by atoms with Crippen molar-refractivity contribution in [1.29, 1.82) is 0 Å². The van der Waals surface area contributed by atoms with Crippen LogP contribution in [0.4, 0.5) is 4.79 Å². The van der Waals surface area contributed by atoms with E-state index >= 15 is 0 Å². The molecule has 0 spiro atoms. The van der Waals surface area contributed by atoms with Gasteiger partial charge in [0.1, 0.15) is 17.4 Å². The smallest absolute Gasteiger partial charge is 0.339 e. The van der Waals surface area contributed by atoms with E-state index < -0.39 is 35.7 Å². The highest BCUT2D eigenvalue weighted by Crippen LogP contribution is 2.24. The summed E-state index contributed by atoms with van der Waals surface area (Å²) in [5.74, 6) is -1.52. The molecule has 0 radical (unpaired) electrons. The van der Waals surface area contributed by atoms with E-state index in [4.69, 9.17) is 14.9 Å². The zero-order valence-electron chi connectivity index (χ0n) is 17.0. The van der Waals surface area contributed by atoms with Gasteiger partial charge in [-0.15, -0.1) is 0 Å². The number of hydrogen-bond donors (Lipinski definition) is 4. The lowest BCUT2D eigenvalue weighted by molar-refractivity contribution is -0.143. The Kier molecular flexibility index (Phi) is 7.40. The molecule has 10 nitrogen and oxygen atoms in total. The molecule has 0 saturated heterocycles. The number of nitrogens with one attached hydrogen (secondary N) is 2. The molecule has 0 aliphatic carbocycles. The fraction of sp³-hybridized carbons (Fsp3) is 0.400. The average Bonchev–Trinajstić information content (AvgIpc) is 2.67. The van der Waals surface area contributed by atoms with Crippen molar-refractivity contribution in [3.05, 3.63) is 39.7 Å². The molecule has 30 heavy (non-hydrogen) atoms. The second-order valence-corrected chi connectivity index (χ2v) is 6.89. The lowest BCUT2D eigenvalue weighted by atomic mass is 10.1. The van der Waals surface area contributed by atoms with E-state index in [1.54, 1.807) is 19.1 Å². The summed E-state index contributed by atoms with van der Waals surface area (Å²) >= 11 is 0. The molecule has 0 aliphatic heterocycles. The number of primary amides is 1. The maximum absolute atomic E-state index is 12.4. The Morgan fingerprint density at radius 2 is 1.93 bits per heavy atom. The van der Waals surface area contributed by atoms with Gasteiger partial charge in [-0.05, 0) is 51.3 Å². The fourth-order valence-corrected chi connectivity index (χ4v) is 2.82. The number of amides is 3. The van der Waals surface area contributed by atoms with E-state index in [2.05, 4.69) is 10.6 Å². The first-order valence-corrected chi connectivity index (χ1v) is 9.37. The number of carbonyl (C=O) groups is 3. The SMILES string of the molecule is Cc1c(C)c2ccc(O[C@@H](C)C(=O)N[C@@H](CCCNC(N)=O)C(=O)O)cc2oc1=O. The first-order valence-electron chi connectivity index (χ1n) is 9.37. The molecule has 0 unspecified atom stereocenters. The molecule has 162 valence electrons. The average molecular weight is 419 g/mol. The zero-order chi connectivity index (χ0) is 22.4. The summed E-state index contributed by atoms with van der Waals surface area (Å²) in [6.07, 6.45) is -0.572. The van der Waals surface area contributed by atoms with Crippen molar-refractivity contribution >= 4 is 28.9 Å². The molecule has 1 aromatic carbocycles. The summed E-state index contributed by atoms with van der Waals surface area (Å²) in [6, 6.07) is 3.04. The summed E-state index contributed by atoms with van der Waals surface area (Å²) in [7, 11) is 0. The van der Waals surface area contributed by atoms with Gasteiger partial charge in [0.25, 0.3) is 5.91 Å². The van der Waals surface area contributed by atoms with Gasteiger partial charge >= 0.3 is 17.6 Å². The minimum absolute atomic E-state index is 0.105. The van der Waals surface area contributed by atoms with Gasteiger partial charge in [-0.3, -0.25) is 4.79 Å². The zero-order valence-corrected chi connectivity index (χ0v) is 17.0. The molecule has 2 rings (SSSR count). The molecule has 5 N–H and O–H groups in total. The number of rotatable bonds is 9. The van der Waals surface area contributed by atoms with E-state index in [1.807, 2.05) is 6.92 Å². The third-order valence-electron chi connectivity index (χ3n) is 4.69. The maximum atomic E-state index is 12.4. The fourth-order valence-electron chi connectivity index (χ4n) is 2.82. The van der Waals surface area contributed by atoms with Crippen molar-refractivity contribution in [2.45, 2.75) is 45.8 Å². The molecule has 0 saturated carbocycles. The van der Waals surface area contributed by atoms with E-state index in [9.17, 15) is 24.3 Å². The molecule has 3 amide bonds. The van der Waals surface area contributed by atoms with Crippen molar-refractivity contribution in [2.24, 2.45) is 5.73 Å². The number of carbonyl (C=O) groups excluding carboxylic acids is 2. The maximum Gasteiger partial charge on any atom is 0.339 e. The molecular formula is C20H25N3O7. The molecule has 1 aromatic heterocycles. The number of fused-ring (bicyclic) bond motifs is 1. The van der Waals surface area contributed by atoms with Crippen molar-refractivity contribution in [1.82, 2.24) is 10.6 Å². The summed E-state index contributed by atoms with van der Waals surface area (Å²) in [5, 5.41) is 14.8. The second kappa shape index (κ2) is 9.77. The van der Waals surface area contributed by atoms with Crippen molar-refractivity contribution < 1.29 is 28.6 Å². The van der Waals surface area contributed by atoms with E-state index in [1.165, 1.54) is 13.0 Å². The largest absolute Gasteiger partial charge is 0.481 e. The number of hydrogen-bond acceptors (Lipinski definition) is 6. The molecule has 2 aromatic rings. The van der Waals surface area contributed by atoms with Crippen LogP contribution in [0.2, 0.25) is 0 Å². The standard InChI is InChI=1S/C20H25N3O7/c1-10-11(2)19(27)30-16-9-13(6-7-14(10)16)29-12(3)17(24)23-15(18(25)26)5-4-8-22-20(21)28/h6-7,9,12,15H,4-5,8H2,1-3H3,(H,23,24)(H,25,26)(H3,21,22,28)/t12-,15-/m0/s1. The monoisotopic (exact) mass is 419 g/mol. The van der Waals surface area contributed by atoms with Crippen LogP contribution in [-0.2, 0) is 9.59 Å². The molecule has 10 heteroatoms. The minimum atomic E-state index is -1.20. The topological polar surface area (TPSA) is 161 Å². The highest BCUT2D eigenvalue weighted by Gasteiger charge is 2.24. The molecule has 1 heterocycles. The normalized spacial score (nSPS) is 12.8. The van der Waals surface area contributed by atoms with Gasteiger partial charge in [0.2, 0.25) is 0 Å². The van der Waals surface area contributed by atoms with Crippen molar-refractivity contribution in [3.8, 4) is 5.75 Å². The van der Waals surface area contributed by atoms with E-state index in [-0.39, 0.29) is 13.0 Å². The quantitative estimate of drug-likeness (QED) is 0.351. The highest BCUT2D eigenvalue weighted by atomic mass is 16.5. The molecular weight excluding hydrogens is 394 g/mol. The Hall–Kier alpha value is -3.56.